The van der Waals surface area contributed by atoms with Gasteiger partial charge in [0.2, 0.25) is 10.0 Å². The van der Waals surface area contributed by atoms with Crippen LogP contribution in [0.4, 0.5) is 0 Å². The minimum absolute atomic E-state index is 0.257. The summed E-state index contributed by atoms with van der Waals surface area (Å²) in [7, 11) is -3.52. The van der Waals surface area contributed by atoms with Crippen LogP contribution in [0.3, 0.4) is 0 Å². The number of thiophene rings is 2. The Morgan fingerprint density at radius 3 is 2.74 bits per heavy atom. The van der Waals surface area contributed by atoms with Crippen molar-refractivity contribution >= 4 is 44.3 Å². The van der Waals surface area contributed by atoms with Gasteiger partial charge >= 0.3 is 0 Å². The van der Waals surface area contributed by atoms with Crippen molar-refractivity contribution < 1.29 is 8.42 Å². The van der Waals surface area contributed by atoms with Crippen molar-refractivity contribution in [2.75, 3.05) is 0 Å². The molecule has 2 aromatic heterocycles. The van der Waals surface area contributed by atoms with Crippen LogP contribution in [-0.2, 0) is 16.6 Å². The summed E-state index contributed by atoms with van der Waals surface area (Å²) in [5.74, 6) is 0. The maximum atomic E-state index is 12.2. The number of hydrogen-bond acceptors (Lipinski definition) is 5. The number of nitrogens with two attached hydrogens (primary N) is 1. The summed E-state index contributed by atoms with van der Waals surface area (Å²) in [5.41, 5.74) is 5.48. The normalized spacial score (nSPS) is 13.6. The highest BCUT2D eigenvalue weighted by Gasteiger charge is 2.20. The van der Waals surface area contributed by atoms with Crippen LogP contribution >= 0.6 is 34.3 Å². The summed E-state index contributed by atoms with van der Waals surface area (Å²) in [6.45, 7) is 2.13. The van der Waals surface area contributed by atoms with Gasteiger partial charge in [-0.2, -0.15) is 0 Å². The van der Waals surface area contributed by atoms with Crippen molar-refractivity contribution in [1.29, 1.82) is 0 Å². The molecule has 0 aliphatic rings. The number of nitrogens with one attached hydrogen (secondary N) is 1. The SMILES string of the molecule is CC(NS(=O)(=O)c1csc(CN)c1)c1ccc(Cl)s1. The Hall–Kier alpha value is -0.440. The highest BCUT2D eigenvalue weighted by Crippen LogP contribution is 2.28. The molecule has 0 spiro atoms. The number of rotatable bonds is 5. The molecule has 0 amide bonds. The summed E-state index contributed by atoms with van der Waals surface area (Å²) in [6.07, 6.45) is 0. The standard InChI is InChI=1S/C11H13ClN2O2S3/c1-7(10-2-3-11(12)18-10)14-19(15,16)9-4-8(5-13)17-6-9/h2-4,6-7,14H,5,13H2,1H3. The zero-order chi connectivity index (χ0) is 14.0. The lowest BCUT2D eigenvalue weighted by Crippen LogP contribution is -2.26. The molecule has 1 atom stereocenters. The minimum atomic E-state index is -3.52. The van der Waals surface area contributed by atoms with Gasteiger partial charge in [-0.25, -0.2) is 13.1 Å². The predicted octanol–water partition coefficient (Wildman–Crippen LogP) is 2.96. The topological polar surface area (TPSA) is 72.2 Å². The van der Waals surface area contributed by atoms with E-state index in [0.717, 1.165) is 9.75 Å². The minimum Gasteiger partial charge on any atom is -0.326 e. The van der Waals surface area contributed by atoms with Crippen LogP contribution in [0.15, 0.2) is 28.5 Å². The second-order valence-corrected chi connectivity index (χ2v) is 8.39. The average molecular weight is 337 g/mol. The lowest BCUT2D eigenvalue weighted by Gasteiger charge is -2.11. The predicted molar refractivity (Wildman–Crippen MR) is 80.3 cm³/mol. The Balaban J connectivity index is 2.17. The first-order chi connectivity index (χ1) is 8.92. The van der Waals surface area contributed by atoms with E-state index in [9.17, 15) is 8.42 Å². The summed E-state index contributed by atoms with van der Waals surface area (Å²) < 4.78 is 27.6. The molecule has 0 aliphatic heterocycles. The van der Waals surface area contributed by atoms with Gasteiger partial charge in [0.15, 0.2) is 0 Å². The zero-order valence-corrected chi connectivity index (χ0v) is 13.3. The van der Waals surface area contributed by atoms with Crippen molar-refractivity contribution in [3.05, 3.63) is 37.7 Å². The summed E-state index contributed by atoms with van der Waals surface area (Å²) >= 11 is 8.55. The molecule has 1 unspecified atom stereocenters. The number of halogens is 1. The quantitative estimate of drug-likeness (QED) is 0.881. The second kappa shape index (κ2) is 5.90. The van der Waals surface area contributed by atoms with Crippen LogP contribution in [0.5, 0.6) is 0 Å². The van der Waals surface area contributed by atoms with Crippen LogP contribution in [0.1, 0.15) is 22.7 Å². The molecule has 0 radical (unpaired) electrons. The van der Waals surface area contributed by atoms with E-state index in [2.05, 4.69) is 4.72 Å². The molecular weight excluding hydrogens is 324 g/mol. The third-order valence-corrected chi connectivity index (χ3v) is 6.54. The first-order valence-corrected chi connectivity index (χ1v) is 9.03. The molecule has 104 valence electrons. The van der Waals surface area contributed by atoms with Crippen molar-refractivity contribution in [3.8, 4) is 0 Å². The van der Waals surface area contributed by atoms with Crippen molar-refractivity contribution in [2.45, 2.75) is 24.4 Å². The van der Waals surface area contributed by atoms with Crippen LogP contribution in [0.2, 0.25) is 4.34 Å². The lowest BCUT2D eigenvalue weighted by molar-refractivity contribution is 0.569. The van der Waals surface area contributed by atoms with Gasteiger partial charge in [-0.3, -0.25) is 0 Å². The van der Waals surface area contributed by atoms with Gasteiger partial charge in [0.1, 0.15) is 0 Å². The molecule has 0 aliphatic carbocycles. The molecular formula is C11H13ClN2O2S3. The monoisotopic (exact) mass is 336 g/mol. The van der Waals surface area contributed by atoms with Crippen LogP contribution in [0, 0.1) is 0 Å². The molecule has 0 bridgehead atoms. The highest BCUT2D eigenvalue weighted by molar-refractivity contribution is 7.89. The largest absolute Gasteiger partial charge is 0.326 e. The van der Waals surface area contributed by atoms with Gasteiger partial charge in [0.25, 0.3) is 0 Å². The molecule has 2 heterocycles. The van der Waals surface area contributed by atoms with Gasteiger partial charge < -0.3 is 5.73 Å². The fraction of sp³-hybridized carbons (Fsp3) is 0.273. The molecule has 0 saturated heterocycles. The number of hydrogen-bond donors (Lipinski definition) is 2. The van der Waals surface area contributed by atoms with Gasteiger partial charge in [-0.05, 0) is 25.1 Å². The van der Waals surface area contributed by atoms with Crippen molar-refractivity contribution in [1.82, 2.24) is 4.72 Å². The molecule has 4 nitrogen and oxygen atoms in total. The smallest absolute Gasteiger partial charge is 0.241 e. The highest BCUT2D eigenvalue weighted by atomic mass is 35.5. The van der Waals surface area contributed by atoms with E-state index in [0.29, 0.717) is 10.9 Å². The number of sulfonamides is 1. The van der Waals surface area contributed by atoms with Gasteiger partial charge in [-0.1, -0.05) is 11.6 Å². The van der Waals surface area contributed by atoms with Crippen LogP contribution in [0.25, 0.3) is 0 Å². The molecule has 2 rings (SSSR count). The fourth-order valence-electron chi connectivity index (χ4n) is 1.53. The second-order valence-electron chi connectivity index (χ2n) is 3.94. The van der Waals surface area contributed by atoms with E-state index >= 15 is 0 Å². The molecule has 0 aromatic carbocycles. The molecule has 19 heavy (non-hydrogen) atoms. The zero-order valence-electron chi connectivity index (χ0n) is 10.1. The van der Waals surface area contributed by atoms with Gasteiger partial charge in [-0.15, -0.1) is 22.7 Å². The van der Waals surface area contributed by atoms with E-state index < -0.39 is 10.0 Å². The van der Waals surface area contributed by atoms with E-state index in [1.165, 1.54) is 22.7 Å². The Morgan fingerprint density at radius 2 is 2.21 bits per heavy atom. The Morgan fingerprint density at radius 1 is 1.47 bits per heavy atom. The maximum Gasteiger partial charge on any atom is 0.241 e. The fourth-order valence-corrected chi connectivity index (χ4v) is 5.04. The summed E-state index contributed by atoms with van der Waals surface area (Å²) in [6, 6.07) is 4.85. The molecule has 2 aromatic rings. The average Bonchev–Trinajstić information content (AvgIpc) is 2.96. The van der Waals surface area contributed by atoms with Gasteiger partial charge in [0, 0.05) is 21.7 Å². The van der Waals surface area contributed by atoms with E-state index in [1.807, 2.05) is 6.07 Å². The Kier molecular flexibility index (Phi) is 4.65. The molecule has 0 saturated carbocycles. The summed E-state index contributed by atoms with van der Waals surface area (Å²) in [5, 5.41) is 1.60. The summed E-state index contributed by atoms with van der Waals surface area (Å²) in [4.78, 5) is 1.97. The van der Waals surface area contributed by atoms with Crippen molar-refractivity contribution in [3.63, 3.8) is 0 Å². The molecule has 3 N–H and O–H groups in total. The van der Waals surface area contributed by atoms with E-state index in [-0.39, 0.29) is 10.9 Å². The van der Waals surface area contributed by atoms with E-state index in [4.69, 9.17) is 17.3 Å². The Bertz CT molecular complexity index is 663. The van der Waals surface area contributed by atoms with Crippen LogP contribution < -0.4 is 10.5 Å². The maximum absolute atomic E-state index is 12.2. The first kappa shape index (κ1) is 15.0. The lowest BCUT2D eigenvalue weighted by atomic mass is 10.3. The third kappa shape index (κ3) is 3.56. The first-order valence-electron chi connectivity index (χ1n) is 5.47. The van der Waals surface area contributed by atoms with Crippen molar-refractivity contribution in [2.24, 2.45) is 5.73 Å². The molecule has 8 heteroatoms. The Labute approximate surface area is 125 Å². The van der Waals surface area contributed by atoms with Crippen LogP contribution in [-0.4, -0.2) is 8.42 Å². The van der Waals surface area contributed by atoms with E-state index in [1.54, 1.807) is 24.4 Å². The molecule has 0 fully saturated rings. The van der Waals surface area contributed by atoms with Gasteiger partial charge in [0.05, 0.1) is 15.3 Å². The third-order valence-electron chi connectivity index (χ3n) is 2.49.